The summed E-state index contributed by atoms with van der Waals surface area (Å²) in [6.45, 7) is 0. The smallest absolute Gasteiger partial charge is 0.0771 e. The van der Waals surface area contributed by atoms with Crippen molar-refractivity contribution in [3.8, 4) is 0 Å². The molecular weight excluding hydrogens is 1290 g/mol. The molecule has 432 valence electrons. The second-order valence-electron chi connectivity index (χ2n) is 21.2. The summed E-state index contributed by atoms with van der Waals surface area (Å²) >= 11 is 2.92. The first-order valence-electron chi connectivity index (χ1n) is 29.8. The molecule has 0 spiro atoms. The van der Waals surface area contributed by atoms with E-state index in [0.29, 0.717) is 11.8 Å². The van der Waals surface area contributed by atoms with E-state index in [9.17, 15) is 0 Å². The van der Waals surface area contributed by atoms with Crippen molar-refractivity contribution < 1.29 is 73.3 Å². The minimum absolute atomic E-state index is 0. The molecular formula is C86H64Cl2Zr2-2. The number of fused-ring (bicyclic) bond motifs is 6. The van der Waals surface area contributed by atoms with Crippen LogP contribution in [0.5, 0.6) is 0 Å². The molecule has 16 rings (SSSR count). The van der Waals surface area contributed by atoms with Gasteiger partial charge in [-0.25, -0.2) is 0 Å². The zero-order valence-electron chi connectivity index (χ0n) is 49.7. The fraction of sp³-hybridized carbons (Fsp3) is 0.0233. The van der Waals surface area contributed by atoms with Gasteiger partial charge in [-0.05, 0) is 11.8 Å². The van der Waals surface area contributed by atoms with Gasteiger partial charge in [0.1, 0.15) is 0 Å². The molecule has 0 saturated heterocycles. The van der Waals surface area contributed by atoms with Crippen LogP contribution in [0.4, 0.5) is 0 Å². The van der Waals surface area contributed by atoms with Gasteiger partial charge in [-0.2, -0.15) is 35.5 Å². The van der Waals surface area contributed by atoms with Crippen molar-refractivity contribution in [2.45, 2.75) is 11.8 Å². The molecule has 0 aromatic heterocycles. The number of hydrogen-bond donors (Lipinski definition) is 0. The Bertz CT molecular complexity index is 4130. The zero-order chi connectivity index (χ0) is 60.0. The molecule has 2 unspecified atom stereocenters. The molecule has 0 heterocycles. The predicted molar refractivity (Wildman–Crippen MR) is 369 cm³/mol. The van der Waals surface area contributed by atoms with Gasteiger partial charge in [0, 0.05) is 0 Å². The molecule has 2 atom stereocenters. The van der Waals surface area contributed by atoms with E-state index in [1.54, 1.807) is 0 Å². The van der Waals surface area contributed by atoms with Crippen LogP contribution in [0.1, 0.15) is 56.3 Å². The monoisotopic (exact) mass is 1350 g/mol. The van der Waals surface area contributed by atoms with Crippen LogP contribution < -0.4 is 24.8 Å². The molecule has 0 nitrogen and oxygen atoms in total. The molecule has 2 aliphatic rings. The maximum absolute atomic E-state index is 3.53. The van der Waals surface area contributed by atoms with Crippen molar-refractivity contribution in [1.82, 2.24) is 0 Å². The Labute approximate surface area is 573 Å². The van der Waals surface area contributed by atoms with E-state index in [0.717, 1.165) is 0 Å². The third-order valence-electron chi connectivity index (χ3n) is 15.3. The SMILES string of the molecule is [C-]1=C(c2ccccc2)C=CC1c1ccccc1.[C-]1=C(c2ccccc2)C=CC1c1ccccc1.[Cl-].[Cl-].[Zr+2]=[C](c1ccccc1)c1ccccc1.[Zr+2]=[C](c1ccccc1)c1ccccc1.c1ccc2c(c1)[cH-]c1ccccc12.c1ccc2c(c1)[cH-]c1ccccc12. The topological polar surface area (TPSA) is 0 Å². The van der Waals surface area contributed by atoms with Gasteiger partial charge in [0.15, 0.2) is 0 Å². The summed E-state index contributed by atoms with van der Waals surface area (Å²) in [5.74, 6) is 0.595. The van der Waals surface area contributed by atoms with E-state index in [1.807, 2.05) is 24.3 Å². The largest absolute Gasteiger partial charge is 0.126 e. The van der Waals surface area contributed by atoms with E-state index in [4.69, 9.17) is 0 Å². The molecule has 0 fully saturated rings. The fourth-order valence-electron chi connectivity index (χ4n) is 10.8. The molecule has 0 aliphatic heterocycles. The van der Waals surface area contributed by atoms with E-state index < -0.39 is 0 Å². The molecule has 0 bridgehead atoms. The summed E-state index contributed by atoms with van der Waals surface area (Å²) in [6.07, 6.45) is 15.8. The molecule has 0 radical (unpaired) electrons. The minimum atomic E-state index is 0. The zero-order valence-corrected chi connectivity index (χ0v) is 56.1. The van der Waals surface area contributed by atoms with Crippen molar-refractivity contribution >= 4 is 60.6 Å². The number of halogens is 2. The molecule has 4 heteroatoms. The maximum atomic E-state index is 3.53. The number of allylic oxidation sites excluding steroid dienone is 8. The average molecular weight is 1350 g/mol. The van der Waals surface area contributed by atoms with Gasteiger partial charge in [0.2, 0.25) is 0 Å². The van der Waals surface area contributed by atoms with E-state index >= 15 is 0 Å². The minimum Gasteiger partial charge on any atom is -0.126 e. The molecule has 2 aliphatic carbocycles. The van der Waals surface area contributed by atoms with Gasteiger partial charge in [-0.3, -0.25) is 0 Å². The van der Waals surface area contributed by atoms with E-state index in [2.05, 4.69) is 364 Å². The van der Waals surface area contributed by atoms with Crippen LogP contribution in [-0.4, -0.2) is 6.41 Å². The van der Waals surface area contributed by atoms with Gasteiger partial charge in [-0.15, -0.1) is 127 Å². The van der Waals surface area contributed by atoms with Gasteiger partial charge in [0.25, 0.3) is 0 Å². The van der Waals surface area contributed by atoms with Gasteiger partial charge >= 0.3 is 198 Å². The van der Waals surface area contributed by atoms with Crippen molar-refractivity contribution in [1.29, 1.82) is 0 Å². The quantitative estimate of drug-likeness (QED) is 0.133. The Morgan fingerprint density at radius 3 is 0.722 bits per heavy atom. The Morgan fingerprint density at radius 1 is 0.256 bits per heavy atom. The summed E-state index contributed by atoms with van der Waals surface area (Å²) < 4.78 is 2.83. The summed E-state index contributed by atoms with van der Waals surface area (Å²) in [5, 5.41) is 10.8. The average Bonchev–Trinajstić information content (AvgIpc) is 2.28. The standard InChI is InChI=1S/2C17H13.2C13H9.2C13H10.2ClH.2Zr/c2*1-3-7-14(8-4-1)16-11-12-17(13-16)15-9-5-2-6-10-15;2*1-3-7-12-10(5-1)9-11-6-2-4-8-13(11)12;2*1-3-7-12(8-4-1)11-13-9-5-2-6-10-13;;;;/h2*1-12,16H;2*1-9H;2*1-10H;2*1H;;/q4*-1;;;;;2*+2/p-2. The van der Waals surface area contributed by atoms with Crippen LogP contribution in [0.15, 0.2) is 376 Å². The normalized spacial score (nSPS) is 13.1. The summed E-state index contributed by atoms with van der Waals surface area (Å²) in [6, 6.07) is 123. The fourth-order valence-corrected chi connectivity index (χ4v) is 12.4. The Hall–Kier alpha value is -8.57. The summed E-state index contributed by atoms with van der Waals surface area (Å²) in [7, 11) is 0. The van der Waals surface area contributed by atoms with Gasteiger partial charge in [-0.1, -0.05) is 181 Å². The van der Waals surface area contributed by atoms with Gasteiger partial charge < -0.3 is 24.8 Å². The Balaban J connectivity index is 0.000000128. The first kappa shape index (κ1) is 65.9. The molecule has 0 saturated carbocycles. The van der Waals surface area contributed by atoms with Crippen molar-refractivity contribution in [3.63, 3.8) is 0 Å². The van der Waals surface area contributed by atoms with E-state index in [1.165, 1.54) is 154 Å². The van der Waals surface area contributed by atoms with Gasteiger partial charge in [0.05, 0.1) is 0 Å². The van der Waals surface area contributed by atoms with Crippen LogP contribution in [-0.2, 0) is 48.5 Å². The number of hydrogen-bond acceptors (Lipinski definition) is 0. The van der Waals surface area contributed by atoms with Crippen LogP contribution in [0, 0.1) is 12.2 Å². The van der Waals surface area contributed by atoms with Crippen LogP contribution in [0.25, 0.3) is 54.2 Å². The van der Waals surface area contributed by atoms with Crippen molar-refractivity contribution in [2.24, 2.45) is 0 Å². The summed E-state index contributed by atoms with van der Waals surface area (Å²) in [4.78, 5) is 0. The predicted octanol–water partition coefficient (Wildman–Crippen LogP) is 15.5. The molecule has 90 heavy (non-hydrogen) atoms. The maximum Gasteiger partial charge on any atom is -0.0771 e. The Kier molecular flexibility index (Phi) is 25.2. The third kappa shape index (κ3) is 17.9. The third-order valence-corrected chi connectivity index (χ3v) is 18.2. The molecule has 0 N–H and O–H groups in total. The van der Waals surface area contributed by atoms with Crippen molar-refractivity contribution in [2.75, 3.05) is 0 Å². The van der Waals surface area contributed by atoms with Crippen LogP contribution in [0.3, 0.4) is 0 Å². The summed E-state index contributed by atoms with van der Waals surface area (Å²) in [5.41, 5.74) is 12.8. The van der Waals surface area contributed by atoms with Crippen molar-refractivity contribution in [3.05, 3.63) is 433 Å². The number of rotatable bonds is 8. The van der Waals surface area contributed by atoms with Crippen LogP contribution >= 0.6 is 0 Å². The first-order valence-corrected chi connectivity index (χ1v) is 32.3. The van der Waals surface area contributed by atoms with E-state index in [-0.39, 0.29) is 24.8 Å². The molecule has 14 aromatic rings. The Morgan fingerprint density at radius 2 is 0.467 bits per heavy atom. The number of benzene rings is 12. The molecule has 14 aromatic carbocycles. The van der Waals surface area contributed by atoms with Crippen LogP contribution in [0.2, 0.25) is 0 Å². The first-order chi connectivity index (χ1) is 43.5. The molecule has 0 amide bonds. The second-order valence-corrected chi connectivity index (χ2v) is 23.7. The second kappa shape index (κ2) is 34.4.